The second-order valence-electron chi connectivity index (χ2n) is 4.49. The predicted octanol–water partition coefficient (Wildman–Crippen LogP) is -0.783. The molecule has 22 heavy (non-hydrogen) atoms. The summed E-state index contributed by atoms with van der Waals surface area (Å²) >= 11 is 0. The van der Waals surface area contributed by atoms with Gasteiger partial charge in [-0.05, 0) is 0 Å². The number of aliphatic hydroxyl groups excluding tert-OH is 2. The molecule has 0 unspecified atom stereocenters. The van der Waals surface area contributed by atoms with Gasteiger partial charge in [-0.15, -0.1) is 0 Å². The zero-order valence-electron chi connectivity index (χ0n) is 13.2. The fraction of sp³-hybridized carbons (Fsp3) is 0.929. The highest BCUT2D eigenvalue weighted by atomic mass is 16.6. The Labute approximate surface area is 131 Å². The van der Waals surface area contributed by atoms with Crippen LogP contribution >= 0.6 is 0 Å². The van der Waals surface area contributed by atoms with Crippen LogP contribution in [0, 0.1) is 5.92 Å². The minimum absolute atomic E-state index is 0.000811. The van der Waals surface area contributed by atoms with E-state index >= 15 is 0 Å². The van der Waals surface area contributed by atoms with Crippen LogP contribution in [0.3, 0.4) is 0 Å². The first-order valence-corrected chi connectivity index (χ1v) is 7.34. The zero-order valence-corrected chi connectivity index (χ0v) is 13.2. The van der Waals surface area contributed by atoms with E-state index in [9.17, 15) is 4.79 Å². The van der Waals surface area contributed by atoms with Crippen molar-refractivity contribution in [2.45, 2.75) is 6.42 Å². The van der Waals surface area contributed by atoms with Gasteiger partial charge in [-0.25, -0.2) is 0 Å². The van der Waals surface area contributed by atoms with Crippen LogP contribution in [0.5, 0.6) is 0 Å². The van der Waals surface area contributed by atoms with Gasteiger partial charge in [0.05, 0.1) is 52.7 Å². The summed E-state index contributed by atoms with van der Waals surface area (Å²) in [7, 11) is 1.62. The monoisotopic (exact) mass is 324 g/mol. The molecule has 0 saturated carbocycles. The van der Waals surface area contributed by atoms with Gasteiger partial charge in [-0.1, -0.05) is 0 Å². The molecule has 0 amide bonds. The standard InChI is InChI=1S/C14H28O8/c1-18-2-3-19-4-5-20-6-7-21-8-9-22-14(17)10-13(11-15)12-16/h13,15-16H,2-12H2,1H3. The molecule has 2 N–H and O–H groups in total. The summed E-state index contributed by atoms with van der Waals surface area (Å²) in [5.74, 6) is -0.922. The molecular formula is C14H28O8. The van der Waals surface area contributed by atoms with E-state index in [1.165, 1.54) is 0 Å². The van der Waals surface area contributed by atoms with Gasteiger partial charge in [-0.3, -0.25) is 4.79 Å². The topological polar surface area (TPSA) is 104 Å². The van der Waals surface area contributed by atoms with Crippen molar-refractivity contribution in [1.82, 2.24) is 0 Å². The number of esters is 1. The second-order valence-corrected chi connectivity index (χ2v) is 4.49. The third-order valence-electron chi connectivity index (χ3n) is 2.64. The molecule has 132 valence electrons. The van der Waals surface area contributed by atoms with Gasteiger partial charge in [0, 0.05) is 26.2 Å². The van der Waals surface area contributed by atoms with E-state index in [-0.39, 0.29) is 32.8 Å². The minimum Gasteiger partial charge on any atom is -0.463 e. The molecule has 8 heteroatoms. The third-order valence-corrected chi connectivity index (χ3v) is 2.64. The number of hydrogen-bond donors (Lipinski definition) is 2. The first kappa shape index (κ1) is 21.2. The molecule has 0 aliphatic heterocycles. The number of rotatable bonds is 16. The molecule has 0 heterocycles. The summed E-state index contributed by atoms with van der Waals surface area (Å²) in [6.45, 7) is 2.91. The molecule has 0 aliphatic carbocycles. The van der Waals surface area contributed by atoms with Crippen LogP contribution in [-0.2, 0) is 28.5 Å². The first-order valence-electron chi connectivity index (χ1n) is 7.34. The van der Waals surface area contributed by atoms with Crippen molar-refractivity contribution in [3.63, 3.8) is 0 Å². The van der Waals surface area contributed by atoms with E-state index in [1.54, 1.807) is 7.11 Å². The van der Waals surface area contributed by atoms with E-state index in [2.05, 4.69) is 0 Å². The van der Waals surface area contributed by atoms with E-state index < -0.39 is 11.9 Å². The van der Waals surface area contributed by atoms with Crippen LogP contribution in [-0.4, -0.2) is 89.4 Å². The molecule has 0 aromatic rings. The lowest BCUT2D eigenvalue weighted by Crippen LogP contribution is -2.19. The Kier molecular flexibility index (Phi) is 16.0. The lowest BCUT2D eigenvalue weighted by atomic mass is 10.1. The van der Waals surface area contributed by atoms with Crippen LogP contribution in [0.15, 0.2) is 0 Å². The SMILES string of the molecule is COCCOCCOCCOCCOC(=O)CC(CO)CO. The summed E-state index contributed by atoms with van der Waals surface area (Å²) in [6.07, 6.45) is -0.000811. The molecule has 0 spiro atoms. The highest BCUT2D eigenvalue weighted by Crippen LogP contribution is 2.02. The van der Waals surface area contributed by atoms with E-state index in [1.807, 2.05) is 0 Å². The van der Waals surface area contributed by atoms with E-state index in [0.29, 0.717) is 39.6 Å². The van der Waals surface area contributed by atoms with Crippen LogP contribution in [0.1, 0.15) is 6.42 Å². The van der Waals surface area contributed by atoms with Gasteiger partial charge in [0.25, 0.3) is 0 Å². The molecule has 0 aromatic carbocycles. The number of hydrogen-bond acceptors (Lipinski definition) is 8. The molecule has 0 rings (SSSR count). The molecule has 0 radical (unpaired) electrons. The number of ether oxygens (including phenoxy) is 5. The van der Waals surface area contributed by atoms with Crippen molar-refractivity contribution < 1.29 is 38.7 Å². The molecule has 0 atom stereocenters. The lowest BCUT2D eigenvalue weighted by Gasteiger charge is -2.10. The molecule has 0 aromatic heterocycles. The van der Waals surface area contributed by atoms with E-state index in [0.717, 1.165) is 0 Å². The third kappa shape index (κ3) is 14.2. The van der Waals surface area contributed by atoms with Crippen LogP contribution in [0.25, 0.3) is 0 Å². The van der Waals surface area contributed by atoms with Crippen LogP contribution in [0.4, 0.5) is 0 Å². The first-order chi connectivity index (χ1) is 10.7. The van der Waals surface area contributed by atoms with Gasteiger partial charge >= 0.3 is 5.97 Å². The van der Waals surface area contributed by atoms with Gasteiger partial charge in [0.2, 0.25) is 0 Å². The molecule has 0 aliphatic rings. The van der Waals surface area contributed by atoms with Gasteiger partial charge in [0.1, 0.15) is 6.61 Å². The minimum atomic E-state index is -0.465. The fourth-order valence-corrected chi connectivity index (χ4v) is 1.38. The Morgan fingerprint density at radius 1 is 0.818 bits per heavy atom. The Morgan fingerprint density at radius 2 is 1.27 bits per heavy atom. The van der Waals surface area contributed by atoms with Crippen molar-refractivity contribution in [3.05, 3.63) is 0 Å². The Balaban J connectivity index is 3.21. The van der Waals surface area contributed by atoms with Crippen molar-refractivity contribution in [3.8, 4) is 0 Å². The maximum Gasteiger partial charge on any atom is 0.306 e. The molecule has 0 bridgehead atoms. The lowest BCUT2D eigenvalue weighted by molar-refractivity contribution is -0.147. The summed E-state index contributed by atoms with van der Waals surface area (Å²) in [5.41, 5.74) is 0. The maximum atomic E-state index is 11.3. The number of carbonyl (C=O) groups is 1. The van der Waals surface area contributed by atoms with Crippen molar-refractivity contribution in [2.24, 2.45) is 5.92 Å². The van der Waals surface area contributed by atoms with E-state index in [4.69, 9.17) is 33.9 Å². The average Bonchev–Trinajstić information content (AvgIpc) is 2.53. The number of methoxy groups -OCH3 is 1. The van der Waals surface area contributed by atoms with Gasteiger partial charge in [-0.2, -0.15) is 0 Å². The summed E-state index contributed by atoms with van der Waals surface area (Å²) in [6, 6.07) is 0. The maximum absolute atomic E-state index is 11.3. The van der Waals surface area contributed by atoms with Crippen LogP contribution in [0.2, 0.25) is 0 Å². The molecule has 8 nitrogen and oxygen atoms in total. The highest BCUT2D eigenvalue weighted by molar-refractivity contribution is 5.69. The zero-order chi connectivity index (χ0) is 16.5. The van der Waals surface area contributed by atoms with Gasteiger partial charge in [0.15, 0.2) is 0 Å². The van der Waals surface area contributed by atoms with Crippen molar-refractivity contribution in [2.75, 3.05) is 73.2 Å². The normalized spacial score (nSPS) is 11.1. The smallest absolute Gasteiger partial charge is 0.306 e. The average molecular weight is 324 g/mol. The van der Waals surface area contributed by atoms with Crippen molar-refractivity contribution in [1.29, 1.82) is 0 Å². The largest absolute Gasteiger partial charge is 0.463 e. The summed E-state index contributed by atoms with van der Waals surface area (Å²) < 4.78 is 25.4. The summed E-state index contributed by atoms with van der Waals surface area (Å²) in [4.78, 5) is 11.3. The quantitative estimate of drug-likeness (QED) is 0.281. The fourth-order valence-electron chi connectivity index (χ4n) is 1.38. The van der Waals surface area contributed by atoms with Gasteiger partial charge < -0.3 is 33.9 Å². The Hall–Kier alpha value is -0.770. The predicted molar refractivity (Wildman–Crippen MR) is 77.6 cm³/mol. The van der Waals surface area contributed by atoms with Crippen molar-refractivity contribution >= 4 is 5.97 Å². The molecular weight excluding hydrogens is 296 g/mol. The Morgan fingerprint density at radius 3 is 1.73 bits per heavy atom. The second kappa shape index (κ2) is 16.6. The van der Waals surface area contributed by atoms with Crippen LogP contribution < -0.4 is 0 Å². The number of aliphatic hydroxyl groups is 2. The Bertz CT molecular complexity index is 245. The summed E-state index contributed by atoms with van der Waals surface area (Å²) in [5, 5.41) is 17.7. The highest BCUT2D eigenvalue weighted by Gasteiger charge is 2.12. The number of carbonyl (C=O) groups excluding carboxylic acids is 1. The molecule has 0 fully saturated rings. The molecule has 0 saturated heterocycles.